The number of aryl methyl sites for hydroxylation is 1. The van der Waals surface area contributed by atoms with Crippen LogP contribution in [-0.4, -0.2) is 37.3 Å². The van der Waals surface area contributed by atoms with Crippen LogP contribution in [0.4, 0.5) is 0 Å². The van der Waals surface area contributed by atoms with Crippen molar-refractivity contribution in [3.05, 3.63) is 89.9 Å². The molecule has 2 aromatic heterocycles. The van der Waals surface area contributed by atoms with E-state index in [-0.39, 0.29) is 5.97 Å². The molecule has 0 bridgehead atoms. The zero-order valence-corrected chi connectivity index (χ0v) is 25.1. The second-order valence-corrected chi connectivity index (χ2v) is 12.2. The molecule has 3 aromatic carbocycles. The largest absolute Gasteiger partial charge is 0.465 e. The predicted octanol–water partition coefficient (Wildman–Crippen LogP) is 7.69. The number of ether oxygens (including phenoxy) is 2. The van der Waals surface area contributed by atoms with Gasteiger partial charge in [0.15, 0.2) is 0 Å². The molecule has 0 N–H and O–H groups in total. The van der Waals surface area contributed by atoms with Crippen LogP contribution in [0.5, 0.6) is 6.01 Å². The summed E-state index contributed by atoms with van der Waals surface area (Å²) in [7, 11) is 0. The minimum atomic E-state index is -0.561. The summed E-state index contributed by atoms with van der Waals surface area (Å²) in [5.41, 5.74) is 8.00. The fourth-order valence-corrected chi connectivity index (χ4v) is 5.34. The van der Waals surface area contributed by atoms with E-state index >= 15 is 0 Å². The zero-order valence-electron chi connectivity index (χ0n) is 25.1. The first-order chi connectivity index (χ1) is 20.2. The van der Waals surface area contributed by atoms with E-state index in [0.717, 1.165) is 57.0 Å². The standard InChI is InChI=1S/C35H38N4O3/c1-6-41-34-37-32-23(2)17-27(30-21-38(22-36-30)19-24-11-12-24)18-31(32)39(34)20-25-13-15-26(16-14-25)28-9-7-8-10-29(28)33(40)42-35(3,4)5/h7-10,13-18,21-22,24H,6,11-12,19-20H2,1-5H3. The summed E-state index contributed by atoms with van der Waals surface area (Å²) in [5, 5.41) is 0. The molecule has 0 amide bonds. The highest BCUT2D eigenvalue weighted by atomic mass is 16.6. The van der Waals surface area contributed by atoms with E-state index in [9.17, 15) is 4.79 Å². The van der Waals surface area contributed by atoms with E-state index in [2.05, 4.69) is 58.7 Å². The number of benzene rings is 3. The lowest BCUT2D eigenvalue weighted by atomic mass is 9.98. The number of esters is 1. The minimum Gasteiger partial charge on any atom is -0.465 e. The van der Waals surface area contributed by atoms with Crippen LogP contribution in [0.15, 0.2) is 73.2 Å². The summed E-state index contributed by atoms with van der Waals surface area (Å²) in [4.78, 5) is 22.5. The number of aromatic nitrogens is 4. The Bertz CT molecular complexity index is 1740. The van der Waals surface area contributed by atoms with E-state index < -0.39 is 5.60 Å². The van der Waals surface area contributed by atoms with Crippen molar-refractivity contribution in [2.24, 2.45) is 5.92 Å². The number of fused-ring (bicyclic) bond motifs is 1. The van der Waals surface area contributed by atoms with Crippen LogP contribution >= 0.6 is 0 Å². The van der Waals surface area contributed by atoms with Crippen molar-refractivity contribution in [2.45, 2.75) is 66.2 Å². The van der Waals surface area contributed by atoms with Crippen molar-refractivity contribution < 1.29 is 14.3 Å². The Balaban J connectivity index is 1.31. The van der Waals surface area contributed by atoms with Gasteiger partial charge < -0.3 is 14.0 Å². The molecule has 0 radical (unpaired) electrons. The van der Waals surface area contributed by atoms with Crippen molar-refractivity contribution in [1.82, 2.24) is 19.1 Å². The Hall–Kier alpha value is -4.39. The first kappa shape index (κ1) is 27.8. The van der Waals surface area contributed by atoms with Gasteiger partial charge in [-0.2, -0.15) is 4.98 Å². The van der Waals surface area contributed by atoms with Gasteiger partial charge >= 0.3 is 5.97 Å². The third-order valence-corrected chi connectivity index (χ3v) is 7.53. The maximum absolute atomic E-state index is 12.9. The zero-order chi connectivity index (χ0) is 29.4. The minimum absolute atomic E-state index is 0.322. The van der Waals surface area contributed by atoms with Gasteiger partial charge in [-0.1, -0.05) is 42.5 Å². The second kappa shape index (κ2) is 11.1. The van der Waals surface area contributed by atoms with Crippen LogP contribution in [0, 0.1) is 12.8 Å². The lowest BCUT2D eigenvalue weighted by Crippen LogP contribution is -2.24. The molecular weight excluding hydrogens is 524 g/mol. The van der Waals surface area contributed by atoms with E-state index in [4.69, 9.17) is 19.4 Å². The number of hydrogen-bond acceptors (Lipinski definition) is 5. The lowest BCUT2D eigenvalue weighted by Gasteiger charge is -2.20. The quantitative estimate of drug-likeness (QED) is 0.172. The molecule has 2 heterocycles. The SMILES string of the molecule is CCOc1nc2c(C)cc(-c3cn(CC4CC4)cn3)cc2n1Cc1ccc(-c2ccccc2C(=O)OC(C)(C)C)cc1. The molecule has 216 valence electrons. The summed E-state index contributed by atoms with van der Waals surface area (Å²) < 4.78 is 16.0. The van der Waals surface area contributed by atoms with Gasteiger partial charge in [0.2, 0.25) is 0 Å². The van der Waals surface area contributed by atoms with Crippen LogP contribution in [0.2, 0.25) is 0 Å². The van der Waals surface area contributed by atoms with Gasteiger partial charge in [0.05, 0.1) is 41.8 Å². The molecule has 6 rings (SSSR count). The van der Waals surface area contributed by atoms with Crippen molar-refractivity contribution >= 4 is 17.0 Å². The third kappa shape index (κ3) is 5.96. The van der Waals surface area contributed by atoms with Gasteiger partial charge in [-0.25, -0.2) is 9.78 Å². The van der Waals surface area contributed by atoms with E-state index in [1.165, 1.54) is 12.8 Å². The highest BCUT2D eigenvalue weighted by molar-refractivity contribution is 5.97. The van der Waals surface area contributed by atoms with E-state index in [0.29, 0.717) is 24.7 Å². The molecule has 0 saturated heterocycles. The molecule has 1 saturated carbocycles. The fraction of sp³-hybridized carbons (Fsp3) is 0.343. The third-order valence-electron chi connectivity index (χ3n) is 7.53. The second-order valence-electron chi connectivity index (χ2n) is 12.2. The smallest absolute Gasteiger partial charge is 0.339 e. The van der Waals surface area contributed by atoms with Crippen LogP contribution < -0.4 is 4.74 Å². The molecule has 7 nitrogen and oxygen atoms in total. The van der Waals surface area contributed by atoms with Gasteiger partial charge in [-0.15, -0.1) is 0 Å². The van der Waals surface area contributed by atoms with Gasteiger partial charge in [-0.05, 0) is 93.8 Å². The topological polar surface area (TPSA) is 71.2 Å². The van der Waals surface area contributed by atoms with Crippen molar-refractivity contribution in [3.63, 3.8) is 0 Å². The molecule has 1 aliphatic rings. The number of rotatable bonds is 9. The molecule has 42 heavy (non-hydrogen) atoms. The number of nitrogens with zero attached hydrogens (tertiary/aromatic N) is 4. The highest BCUT2D eigenvalue weighted by Crippen LogP contribution is 2.33. The van der Waals surface area contributed by atoms with Crippen molar-refractivity contribution in [1.29, 1.82) is 0 Å². The molecule has 5 aromatic rings. The number of hydrogen-bond donors (Lipinski definition) is 0. The fourth-order valence-electron chi connectivity index (χ4n) is 5.34. The summed E-state index contributed by atoms with van der Waals surface area (Å²) in [5.74, 6) is 0.473. The molecule has 0 unspecified atom stereocenters. The van der Waals surface area contributed by atoms with Crippen LogP contribution in [-0.2, 0) is 17.8 Å². The van der Waals surface area contributed by atoms with Crippen LogP contribution in [0.3, 0.4) is 0 Å². The average molecular weight is 563 g/mol. The van der Waals surface area contributed by atoms with E-state index in [1.807, 2.05) is 58.3 Å². The normalized spacial score (nSPS) is 13.5. The Morgan fingerprint density at radius 1 is 1.02 bits per heavy atom. The highest BCUT2D eigenvalue weighted by Gasteiger charge is 2.23. The number of carbonyl (C=O) groups is 1. The predicted molar refractivity (Wildman–Crippen MR) is 166 cm³/mol. The number of imidazole rings is 2. The number of carbonyl (C=O) groups excluding carboxylic acids is 1. The van der Waals surface area contributed by atoms with Gasteiger partial charge in [-0.3, -0.25) is 4.57 Å². The summed E-state index contributed by atoms with van der Waals surface area (Å²) in [6.07, 6.45) is 6.72. The van der Waals surface area contributed by atoms with E-state index in [1.54, 1.807) is 0 Å². The lowest BCUT2D eigenvalue weighted by molar-refractivity contribution is 0.00704. The summed E-state index contributed by atoms with van der Waals surface area (Å²) >= 11 is 0. The maximum atomic E-state index is 12.9. The molecule has 1 fully saturated rings. The first-order valence-electron chi connectivity index (χ1n) is 14.8. The Kier molecular flexibility index (Phi) is 7.35. The van der Waals surface area contributed by atoms with Crippen molar-refractivity contribution in [3.8, 4) is 28.4 Å². The Morgan fingerprint density at radius 3 is 2.50 bits per heavy atom. The molecule has 0 aliphatic heterocycles. The Labute approximate surface area is 247 Å². The monoisotopic (exact) mass is 562 g/mol. The van der Waals surface area contributed by atoms with Gasteiger partial charge in [0.25, 0.3) is 6.01 Å². The molecule has 0 spiro atoms. The summed E-state index contributed by atoms with van der Waals surface area (Å²) in [6, 6.07) is 20.8. The van der Waals surface area contributed by atoms with Gasteiger partial charge in [0, 0.05) is 18.3 Å². The molecule has 1 aliphatic carbocycles. The maximum Gasteiger partial charge on any atom is 0.339 e. The van der Waals surface area contributed by atoms with Crippen molar-refractivity contribution in [2.75, 3.05) is 6.61 Å². The summed E-state index contributed by atoms with van der Waals surface area (Å²) in [6.45, 7) is 11.9. The molecule has 7 heteroatoms. The molecule has 0 atom stereocenters. The first-order valence-corrected chi connectivity index (χ1v) is 14.8. The van der Waals surface area contributed by atoms with Crippen LogP contribution in [0.25, 0.3) is 33.4 Å². The average Bonchev–Trinajstić information content (AvgIpc) is 3.53. The molecular formula is C35H38N4O3. The van der Waals surface area contributed by atoms with Gasteiger partial charge in [0.1, 0.15) is 5.60 Å². The van der Waals surface area contributed by atoms with Crippen LogP contribution in [0.1, 0.15) is 62.0 Å². The Morgan fingerprint density at radius 2 is 1.79 bits per heavy atom.